The molecule has 2 unspecified atom stereocenters. The summed E-state index contributed by atoms with van der Waals surface area (Å²) in [6.45, 7) is 11.9. The molecule has 1 saturated heterocycles. The van der Waals surface area contributed by atoms with Crippen LogP contribution in [0.25, 0.3) is 0 Å². The molecular weight excluding hydrogens is 146 g/mol. The van der Waals surface area contributed by atoms with Crippen molar-refractivity contribution in [2.45, 2.75) is 40.5 Å². The minimum Gasteiger partial charge on any atom is -0.316 e. The van der Waals surface area contributed by atoms with Crippen LogP contribution in [0.4, 0.5) is 0 Å². The number of hydrogen-bond donors (Lipinski definition) is 1. The predicted molar refractivity (Wildman–Crippen MR) is 54.2 cm³/mol. The largest absolute Gasteiger partial charge is 0.316 e. The normalized spacial score (nSPS) is 32.0. The summed E-state index contributed by atoms with van der Waals surface area (Å²) in [5.41, 5.74) is 0.498. The highest BCUT2D eigenvalue weighted by Gasteiger charge is 2.25. The molecule has 1 heteroatoms. The van der Waals surface area contributed by atoms with Gasteiger partial charge in [0, 0.05) is 0 Å². The summed E-state index contributed by atoms with van der Waals surface area (Å²) in [7, 11) is 0. The van der Waals surface area contributed by atoms with Crippen molar-refractivity contribution in [3.05, 3.63) is 0 Å². The van der Waals surface area contributed by atoms with E-state index in [0.29, 0.717) is 5.41 Å². The lowest BCUT2D eigenvalue weighted by Crippen LogP contribution is -2.37. The van der Waals surface area contributed by atoms with Crippen molar-refractivity contribution >= 4 is 0 Å². The molecule has 72 valence electrons. The Labute approximate surface area is 76.9 Å². The summed E-state index contributed by atoms with van der Waals surface area (Å²) < 4.78 is 0. The molecule has 1 fully saturated rings. The summed E-state index contributed by atoms with van der Waals surface area (Å²) in [6.07, 6.45) is 2.72. The third-order valence-corrected chi connectivity index (χ3v) is 2.86. The summed E-state index contributed by atoms with van der Waals surface area (Å²) in [6, 6.07) is 0. The lowest BCUT2D eigenvalue weighted by atomic mass is 9.77. The molecule has 0 bridgehead atoms. The van der Waals surface area contributed by atoms with Crippen LogP contribution in [0.15, 0.2) is 0 Å². The van der Waals surface area contributed by atoms with Crippen LogP contribution in [0.5, 0.6) is 0 Å². The molecule has 1 rings (SSSR count). The second kappa shape index (κ2) is 3.78. The number of piperidine rings is 1. The number of nitrogens with one attached hydrogen (secondary N) is 1. The summed E-state index contributed by atoms with van der Waals surface area (Å²) in [4.78, 5) is 0. The fraction of sp³-hybridized carbons (Fsp3) is 1.00. The van der Waals surface area contributed by atoms with E-state index in [1.807, 2.05) is 0 Å². The zero-order chi connectivity index (χ0) is 9.19. The summed E-state index contributed by atoms with van der Waals surface area (Å²) in [5.74, 6) is 1.82. The minimum atomic E-state index is 0.498. The van der Waals surface area contributed by atoms with Crippen LogP contribution in [0.2, 0.25) is 0 Å². The highest BCUT2D eigenvalue weighted by Crippen LogP contribution is 2.31. The van der Waals surface area contributed by atoms with Crippen molar-refractivity contribution in [1.29, 1.82) is 0 Å². The van der Waals surface area contributed by atoms with Gasteiger partial charge in [0.05, 0.1) is 0 Å². The molecule has 1 aliphatic heterocycles. The van der Waals surface area contributed by atoms with Gasteiger partial charge in [-0.15, -0.1) is 0 Å². The van der Waals surface area contributed by atoms with E-state index in [1.54, 1.807) is 0 Å². The maximum absolute atomic E-state index is 3.49. The molecule has 0 radical (unpaired) electrons. The van der Waals surface area contributed by atoms with E-state index in [9.17, 15) is 0 Å². The van der Waals surface area contributed by atoms with Crippen molar-refractivity contribution < 1.29 is 0 Å². The molecule has 0 aromatic heterocycles. The summed E-state index contributed by atoms with van der Waals surface area (Å²) in [5, 5.41) is 3.49. The molecule has 0 aromatic carbocycles. The fourth-order valence-electron chi connectivity index (χ4n) is 2.11. The molecule has 1 nitrogen and oxygen atoms in total. The van der Waals surface area contributed by atoms with Gasteiger partial charge in [-0.05, 0) is 43.2 Å². The molecule has 0 saturated carbocycles. The van der Waals surface area contributed by atoms with Crippen molar-refractivity contribution in [2.24, 2.45) is 17.3 Å². The van der Waals surface area contributed by atoms with E-state index in [4.69, 9.17) is 0 Å². The van der Waals surface area contributed by atoms with Crippen molar-refractivity contribution in [1.82, 2.24) is 5.32 Å². The molecule has 0 spiro atoms. The van der Waals surface area contributed by atoms with Crippen LogP contribution >= 0.6 is 0 Å². The maximum Gasteiger partial charge on any atom is -0.00178 e. The average Bonchev–Trinajstić information content (AvgIpc) is 1.91. The van der Waals surface area contributed by atoms with E-state index in [2.05, 4.69) is 33.0 Å². The van der Waals surface area contributed by atoms with Gasteiger partial charge < -0.3 is 5.32 Å². The second-order valence-corrected chi connectivity index (χ2v) is 5.49. The molecule has 1 N–H and O–H groups in total. The zero-order valence-electron chi connectivity index (χ0n) is 8.98. The molecule has 12 heavy (non-hydrogen) atoms. The van der Waals surface area contributed by atoms with Crippen LogP contribution in [0.3, 0.4) is 0 Å². The minimum absolute atomic E-state index is 0.498. The smallest absolute Gasteiger partial charge is 0.00178 e. The van der Waals surface area contributed by atoms with Gasteiger partial charge in [0.25, 0.3) is 0 Å². The Bertz CT molecular complexity index is 134. The van der Waals surface area contributed by atoms with E-state index < -0.39 is 0 Å². The first-order valence-electron chi connectivity index (χ1n) is 5.20. The van der Waals surface area contributed by atoms with Crippen molar-refractivity contribution in [2.75, 3.05) is 13.1 Å². The van der Waals surface area contributed by atoms with Gasteiger partial charge in [0.1, 0.15) is 0 Å². The molecular formula is C11H23N. The van der Waals surface area contributed by atoms with Crippen LogP contribution in [-0.2, 0) is 0 Å². The molecule has 1 aliphatic rings. The van der Waals surface area contributed by atoms with Crippen LogP contribution in [0, 0.1) is 17.3 Å². The Morgan fingerprint density at radius 1 is 1.33 bits per heavy atom. The quantitative estimate of drug-likeness (QED) is 0.636. The second-order valence-electron chi connectivity index (χ2n) is 5.49. The maximum atomic E-state index is 3.49. The summed E-state index contributed by atoms with van der Waals surface area (Å²) >= 11 is 0. The molecule has 0 aliphatic carbocycles. The van der Waals surface area contributed by atoms with Gasteiger partial charge in [-0.2, -0.15) is 0 Å². The van der Waals surface area contributed by atoms with Gasteiger partial charge >= 0.3 is 0 Å². The Kier molecular flexibility index (Phi) is 3.16. The predicted octanol–water partition coefficient (Wildman–Crippen LogP) is 2.67. The van der Waals surface area contributed by atoms with Gasteiger partial charge in [0.15, 0.2) is 0 Å². The van der Waals surface area contributed by atoms with Crippen LogP contribution < -0.4 is 5.32 Å². The van der Waals surface area contributed by atoms with Crippen molar-refractivity contribution in [3.63, 3.8) is 0 Å². The highest BCUT2D eigenvalue weighted by molar-refractivity contribution is 4.79. The average molecular weight is 169 g/mol. The van der Waals surface area contributed by atoms with Gasteiger partial charge in [-0.1, -0.05) is 27.7 Å². The van der Waals surface area contributed by atoms with E-state index in [0.717, 1.165) is 11.8 Å². The van der Waals surface area contributed by atoms with E-state index in [-0.39, 0.29) is 0 Å². The number of rotatable bonds is 1. The SMILES string of the molecule is CC1CCNCC1CC(C)(C)C. The fourth-order valence-corrected chi connectivity index (χ4v) is 2.11. The lowest BCUT2D eigenvalue weighted by Gasteiger charge is -2.34. The lowest BCUT2D eigenvalue weighted by molar-refractivity contribution is 0.193. The molecule has 1 heterocycles. The standard InChI is InChI=1S/C11H23N/c1-9-5-6-12-8-10(9)7-11(2,3)4/h9-10,12H,5-8H2,1-4H3. The Morgan fingerprint density at radius 2 is 2.00 bits per heavy atom. The molecule has 0 aromatic rings. The topological polar surface area (TPSA) is 12.0 Å². The molecule has 2 atom stereocenters. The van der Waals surface area contributed by atoms with Gasteiger partial charge in [-0.25, -0.2) is 0 Å². The third kappa shape index (κ3) is 3.14. The molecule has 0 amide bonds. The van der Waals surface area contributed by atoms with E-state index in [1.165, 1.54) is 25.9 Å². The van der Waals surface area contributed by atoms with Gasteiger partial charge in [-0.3, -0.25) is 0 Å². The van der Waals surface area contributed by atoms with Crippen LogP contribution in [0.1, 0.15) is 40.5 Å². The first-order valence-corrected chi connectivity index (χ1v) is 5.20. The van der Waals surface area contributed by atoms with Crippen LogP contribution in [-0.4, -0.2) is 13.1 Å². The first-order chi connectivity index (χ1) is 5.49. The van der Waals surface area contributed by atoms with Gasteiger partial charge in [0.2, 0.25) is 0 Å². The van der Waals surface area contributed by atoms with E-state index >= 15 is 0 Å². The Balaban J connectivity index is 2.39. The highest BCUT2D eigenvalue weighted by atomic mass is 14.9. The monoisotopic (exact) mass is 169 g/mol. The van der Waals surface area contributed by atoms with Crippen molar-refractivity contribution in [3.8, 4) is 0 Å². The first kappa shape index (κ1) is 10.0. The third-order valence-electron chi connectivity index (χ3n) is 2.86. The Hall–Kier alpha value is -0.0400. The zero-order valence-corrected chi connectivity index (χ0v) is 8.98. The Morgan fingerprint density at radius 3 is 2.50 bits per heavy atom. The number of hydrogen-bond acceptors (Lipinski definition) is 1.